The third kappa shape index (κ3) is 4.06. The van der Waals surface area contributed by atoms with Crippen molar-refractivity contribution < 1.29 is 4.79 Å². The van der Waals surface area contributed by atoms with Crippen LogP contribution in [0.1, 0.15) is 12.5 Å². The number of pyridine rings is 1. The van der Waals surface area contributed by atoms with Gasteiger partial charge in [-0.3, -0.25) is 4.79 Å². The first-order valence-electron chi connectivity index (χ1n) is 8.02. The van der Waals surface area contributed by atoms with E-state index >= 15 is 0 Å². The predicted octanol–water partition coefficient (Wildman–Crippen LogP) is 3.40. The van der Waals surface area contributed by atoms with E-state index in [2.05, 4.69) is 33.5 Å². The normalized spacial score (nSPS) is 10.6. The fourth-order valence-electron chi connectivity index (χ4n) is 2.45. The minimum atomic E-state index is -0.119. The van der Waals surface area contributed by atoms with Crippen LogP contribution in [-0.4, -0.2) is 31.4 Å². The molecule has 2 aromatic heterocycles. The van der Waals surface area contributed by atoms with Gasteiger partial charge in [0.05, 0.1) is 5.75 Å². The molecular weight excluding hydrogens is 334 g/mol. The summed E-state index contributed by atoms with van der Waals surface area (Å²) in [4.78, 5) is 16.2. The monoisotopic (exact) mass is 353 g/mol. The van der Waals surface area contributed by atoms with Gasteiger partial charge in [0, 0.05) is 18.3 Å². The van der Waals surface area contributed by atoms with E-state index in [0.29, 0.717) is 5.82 Å². The van der Waals surface area contributed by atoms with Crippen LogP contribution in [0.2, 0.25) is 0 Å². The lowest BCUT2D eigenvalue weighted by Crippen LogP contribution is -2.15. The molecule has 0 bridgehead atoms. The Morgan fingerprint density at radius 2 is 1.96 bits per heavy atom. The first-order chi connectivity index (χ1) is 12.2. The van der Waals surface area contributed by atoms with Gasteiger partial charge in [-0.25, -0.2) is 4.98 Å². The van der Waals surface area contributed by atoms with Crippen molar-refractivity contribution >= 4 is 23.5 Å². The number of benzene rings is 1. The number of rotatable bonds is 6. The Kier molecular flexibility index (Phi) is 5.45. The van der Waals surface area contributed by atoms with Crippen LogP contribution in [0.3, 0.4) is 0 Å². The molecule has 7 heteroatoms. The molecule has 2 heterocycles. The van der Waals surface area contributed by atoms with Gasteiger partial charge in [0.25, 0.3) is 0 Å². The third-order valence-electron chi connectivity index (χ3n) is 3.68. The minimum Gasteiger partial charge on any atom is -0.310 e. The maximum atomic E-state index is 12.1. The molecule has 3 aromatic rings. The molecule has 0 saturated carbocycles. The highest BCUT2D eigenvalue weighted by Gasteiger charge is 2.15. The molecule has 0 fully saturated rings. The second-order valence-corrected chi connectivity index (χ2v) is 6.36. The molecule has 1 aromatic carbocycles. The molecule has 0 radical (unpaired) electrons. The zero-order chi connectivity index (χ0) is 17.6. The Morgan fingerprint density at radius 1 is 1.16 bits per heavy atom. The van der Waals surface area contributed by atoms with Gasteiger partial charge in [-0.15, -0.1) is 10.2 Å². The lowest BCUT2D eigenvalue weighted by atomic mass is 10.1. The second-order valence-electron chi connectivity index (χ2n) is 5.42. The highest BCUT2D eigenvalue weighted by molar-refractivity contribution is 7.99. The van der Waals surface area contributed by atoms with Crippen molar-refractivity contribution in [1.29, 1.82) is 0 Å². The van der Waals surface area contributed by atoms with Gasteiger partial charge in [0.2, 0.25) is 5.91 Å². The van der Waals surface area contributed by atoms with E-state index in [1.165, 1.54) is 11.8 Å². The Balaban J connectivity index is 1.71. The van der Waals surface area contributed by atoms with Gasteiger partial charge in [0.15, 0.2) is 11.0 Å². The van der Waals surface area contributed by atoms with Gasteiger partial charge >= 0.3 is 0 Å². The fraction of sp³-hybridized carbons (Fsp3) is 0.222. The number of nitrogens with one attached hydrogen (secondary N) is 1. The summed E-state index contributed by atoms with van der Waals surface area (Å²) in [5.74, 6) is 1.51. The van der Waals surface area contributed by atoms with Crippen molar-refractivity contribution in [3.63, 3.8) is 0 Å². The number of carbonyl (C=O) groups excluding carboxylic acids is 1. The molecule has 1 N–H and O–H groups in total. The van der Waals surface area contributed by atoms with Crippen molar-refractivity contribution in [1.82, 2.24) is 19.7 Å². The zero-order valence-electron chi connectivity index (χ0n) is 14.1. The summed E-state index contributed by atoms with van der Waals surface area (Å²) >= 11 is 1.37. The molecular formula is C18H19N5OS. The van der Waals surface area contributed by atoms with Gasteiger partial charge in [-0.2, -0.15) is 0 Å². The average molecular weight is 353 g/mol. The van der Waals surface area contributed by atoms with E-state index in [4.69, 9.17) is 0 Å². The number of nitrogens with zero attached hydrogens (tertiary/aromatic N) is 4. The molecule has 0 aliphatic carbocycles. The summed E-state index contributed by atoms with van der Waals surface area (Å²) < 4.78 is 2.03. The molecule has 0 spiro atoms. The summed E-state index contributed by atoms with van der Waals surface area (Å²) in [5, 5.41) is 12.1. The van der Waals surface area contributed by atoms with Crippen LogP contribution in [0.25, 0.3) is 11.4 Å². The summed E-state index contributed by atoms with van der Waals surface area (Å²) in [7, 11) is 0. The van der Waals surface area contributed by atoms with E-state index in [9.17, 15) is 4.79 Å². The molecule has 3 rings (SSSR count). The summed E-state index contributed by atoms with van der Waals surface area (Å²) in [6.07, 6.45) is 1.64. The highest BCUT2D eigenvalue weighted by Crippen LogP contribution is 2.26. The zero-order valence-corrected chi connectivity index (χ0v) is 15.0. The summed E-state index contributed by atoms with van der Waals surface area (Å²) in [5.41, 5.74) is 2.20. The number of hydrogen-bond acceptors (Lipinski definition) is 5. The average Bonchev–Trinajstić information content (AvgIpc) is 3.04. The molecule has 0 atom stereocenters. The molecule has 0 unspecified atom stereocenters. The Labute approximate surface area is 150 Å². The molecule has 1 amide bonds. The lowest BCUT2D eigenvalue weighted by molar-refractivity contribution is -0.113. The molecule has 0 aliphatic heterocycles. The van der Waals surface area contributed by atoms with Crippen LogP contribution in [0, 0.1) is 6.92 Å². The van der Waals surface area contributed by atoms with Crippen molar-refractivity contribution in [3.05, 3.63) is 54.2 Å². The van der Waals surface area contributed by atoms with Crippen LogP contribution in [0.4, 0.5) is 5.82 Å². The number of hydrogen-bond donors (Lipinski definition) is 1. The van der Waals surface area contributed by atoms with Crippen LogP contribution in [0.15, 0.2) is 53.8 Å². The van der Waals surface area contributed by atoms with E-state index in [0.717, 1.165) is 28.7 Å². The van der Waals surface area contributed by atoms with Crippen molar-refractivity contribution in [2.75, 3.05) is 11.1 Å². The van der Waals surface area contributed by atoms with Crippen molar-refractivity contribution in [3.8, 4) is 11.4 Å². The molecule has 25 heavy (non-hydrogen) atoms. The van der Waals surface area contributed by atoms with Crippen molar-refractivity contribution in [2.45, 2.75) is 25.5 Å². The van der Waals surface area contributed by atoms with E-state index in [1.54, 1.807) is 18.3 Å². The highest BCUT2D eigenvalue weighted by atomic mass is 32.2. The number of aromatic nitrogens is 4. The predicted molar refractivity (Wildman–Crippen MR) is 99.5 cm³/mol. The smallest absolute Gasteiger partial charge is 0.236 e. The van der Waals surface area contributed by atoms with Gasteiger partial charge in [0.1, 0.15) is 5.82 Å². The molecule has 0 aliphatic rings. The molecule has 6 nitrogen and oxygen atoms in total. The minimum absolute atomic E-state index is 0.119. The van der Waals surface area contributed by atoms with Crippen LogP contribution in [0.5, 0.6) is 0 Å². The number of carbonyl (C=O) groups is 1. The molecule has 128 valence electrons. The first-order valence-corrected chi connectivity index (χ1v) is 9.00. The van der Waals surface area contributed by atoms with Crippen LogP contribution >= 0.6 is 11.8 Å². The van der Waals surface area contributed by atoms with E-state index in [-0.39, 0.29) is 11.7 Å². The first kappa shape index (κ1) is 17.2. The van der Waals surface area contributed by atoms with Gasteiger partial charge in [-0.05, 0) is 31.5 Å². The number of thioether (sulfide) groups is 1. The Hall–Kier alpha value is -2.67. The quantitative estimate of drug-likeness (QED) is 0.688. The standard InChI is InChI=1S/C18H19N5OS/c1-3-23-17(14-9-5-4-8-13(14)2)21-22-18(23)25-12-16(24)20-15-10-6-7-11-19-15/h4-11H,3,12H2,1-2H3,(H,19,20,24). The maximum absolute atomic E-state index is 12.1. The largest absolute Gasteiger partial charge is 0.310 e. The van der Waals surface area contributed by atoms with E-state index in [1.807, 2.05) is 35.8 Å². The SMILES string of the molecule is CCn1c(SCC(=O)Nc2ccccn2)nnc1-c1ccccc1C. The molecule has 0 saturated heterocycles. The topological polar surface area (TPSA) is 72.7 Å². The van der Waals surface area contributed by atoms with Crippen LogP contribution < -0.4 is 5.32 Å². The lowest BCUT2D eigenvalue weighted by Gasteiger charge is -2.09. The summed E-state index contributed by atoms with van der Waals surface area (Å²) in [6, 6.07) is 13.5. The second kappa shape index (κ2) is 7.94. The third-order valence-corrected chi connectivity index (χ3v) is 4.65. The Bertz CT molecular complexity index is 863. The van der Waals surface area contributed by atoms with Crippen LogP contribution in [-0.2, 0) is 11.3 Å². The van der Waals surface area contributed by atoms with Gasteiger partial charge < -0.3 is 9.88 Å². The fourth-order valence-corrected chi connectivity index (χ4v) is 3.25. The van der Waals surface area contributed by atoms with E-state index < -0.39 is 0 Å². The van der Waals surface area contributed by atoms with Gasteiger partial charge in [-0.1, -0.05) is 42.1 Å². The number of amides is 1. The number of anilines is 1. The maximum Gasteiger partial charge on any atom is 0.236 e. The van der Waals surface area contributed by atoms with Crippen molar-refractivity contribution in [2.24, 2.45) is 0 Å². The Morgan fingerprint density at radius 3 is 2.68 bits per heavy atom. The number of aryl methyl sites for hydroxylation is 1. The summed E-state index contributed by atoms with van der Waals surface area (Å²) in [6.45, 7) is 4.83.